The van der Waals surface area contributed by atoms with E-state index in [0.717, 1.165) is 31.6 Å². The van der Waals surface area contributed by atoms with Crippen LogP contribution in [0.4, 0.5) is 11.4 Å². The fourth-order valence-electron chi connectivity index (χ4n) is 4.66. The van der Waals surface area contributed by atoms with Gasteiger partial charge in [0, 0.05) is 67.7 Å². The van der Waals surface area contributed by atoms with Crippen LogP contribution in [0, 0.1) is 5.92 Å². The van der Waals surface area contributed by atoms with Crippen LogP contribution in [-0.4, -0.2) is 66.8 Å². The van der Waals surface area contributed by atoms with Gasteiger partial charge < -0.3 is 20.0 Å². The van der Waals surface area contributed by atoms with Gasteiger partial charge in [-0.1, -0.05) is 25.4 Å². The molecule has 2 aromatic rings. The molecule has 0 saturated carbocycles. The molecule has 0 radical (unpaired) electrons. The molecule has 35 heavy (non-hydrogen) atoms. The lowest BCUT2D eigenvalue weighted by Crippen LogP contribution is -2.49. The van der Waals surface area contributed by atoms with Gasteiger partial charge in [0.25, 0.3) is 11.8 Å². The van der Waals surface area contributed by atoms with Crippen molar-refractivity contribution >= 4 is 40.7 Å². The molecule has 7 nitrogen and oxygen atoms in total. The molecule has 2 aromatic carbocycles. The second kappa shape index (κ2) is 11.1. The number of likely N-dealkylation sites (tertiary alicyclic amines) is 1. The predicted octanol–water partition coefficient (Wildman–Crippen LogP) is 4.52. The number of nitrogens with zero attached hydrogens (tertiary/aromatic N) is 3. The van der Waals surface area contributed by atoms with Crippen LogP contribution in [0.5, 0.6) is 0 Å². The first kappa shape index (κ1) is 25.0. The summed E-state index contributed by atoms with van der Waals surface area (Å²) in [6.45, 7) is 7.89. The number of hydrogen-bond donors (Lipinski definition) is 1. The quantitative estimate of drug-likeness (QED) is 0.638. The molecule has 186 valence electrons. The average molecular weight is 497 g/mol. The van der Waals surface area contributed by atoms with Crippen molar-refractivity contribution in [1.82, 2.24) is 9.80 Å². The first-order chi connectivity index (χ1) is 16.8. The summed E-state index contributed by atoms with van der Waals surface area (Å²) in [7, 11) is 0. The molecule has 8 heteroatoms. The Hall–Kier alpha value is -3.06. The molecule has 0 aromatic heterocycles. The lowest BCUT2D eigenvalue weighted by molar-refractivity contribution is -0.116. The summed E-state index contributed by atoms with van der Waals surface area (Å²) >= 11 is 5.95. The molecule has 2 saturated heterocycles. The van der Waals surface area contributed by atoms with E-state index in [1.165, 1.54) is 0 Å². The Morgan fingerprint density at radius 1 is 0.857 bits per heavy atom. The lowest BCUT2D eigenvalue weighted by Gasteiger charge is -2.37. The highest BCUT2D eigenvalue weighted by atomic mass is 35.5. The maximum Gasteiger partial charge on any atom is 0.256 e. The molecule has 0 aliphatic carbocycles. The highest BCUT2D eigenvalue weighted by Crippen LogP contribution is 2.28. The normalized spacial score (nSPS) is 16.1. The van der Waals surface area contributed by atoms with E-state index >= 15 is 0 Å². The molecule has 2 aliphatic heterocycles. The van der Waals surface area contributed by atoms with Crippen molar-refractivity contribution in [3.8, 4) is 0 Å². The monoisotopic (exact) mass is 496 g/mol. The zero-order valence-corrected chi connectivity index (χ0v) is 21.2. The van der Waals surface area contributed by atoms with E-state index in [9.17, 15) is 14.4 Å². The Kier molecular flexibility index (Phi) is 7.96. The topological polar surface area (TPSA) is 73.0 Å². The van der Waals surface area contributed by atoms with Crippen molar-refractivity contribution < 1.29 is 14.4 Å². The van der Waals surface area contributed by atoms with Gasteiger partial charge in [0.2, 0.25) is 5.91 Å². The second-order valence-corrected chi connectivity index (χ2v) is 10.1. The minimum Gasteiger partial charge on any atom is -0.367 e. The highest BCUT2D eigenvalue weighted by molar-refractivity contribution is 6.30. The average Bonchev–Trinajstić information content (AvgIpc) is 3.38. The van der Waals surface area contributed by atoms with Crippen LogP contribution in [0.2, 0.25) is 5.02 Å². The molecule has 2 aliphatic rings. The summed E-state index contributed by atoms with van der Waals surface area (Å²) in [6, 6.07) is 12.5. The largest absolute Gasteiger partial charge is 0.367 e. The van der Waals surface area contributed by atoms with Gasteiger partial charge >= 0.3 is 0 Å². The van der Waals surface area contributed by atoms with Crippen molar-refractivity contribution in [2.45, 2.75) is 33.1 Å². The molecule has 0 spiro atoms. The molecule has 0 atom stereocenters. The van der Waals surface area contributed by atoms with E-state index in [1.807, 2.05) is 35.8 Å². The van der Waals surface area contributed by atoms with E-state index in [-0.39, 0.29) is 23.6 Å². The first-order valence-corrected chi connectivity index (χ1v) is 12.7. The van der Waals surface area contributed by atoms with E-state index < -0.39 is 0 Å². The van der Waals surface area contributed by atoms with Gasteiger partial charge in [-0.2, -0.15) is 0 Å². The summed E-state index contributed by atoms with van der Waals surface area (Å²) in [5.41, 5.74) is 2.71. The molecule has 4 rings (SSSR count). The Bertz CT molecular complexity index is 1070. The third kappa shape index (κ3) is 6.14. The highest BCUT2D eigenvalue weighted by Gasteiger charge is 2.28. The summed E-state index contributed by atoms with van der Waals surface area (Å²) in [5.74, 6) is 0.184. The summed E-state index contributed by atoms with van der Waals surface area (Å²) in [4.78, 5) is 44.5. The Balaban J connectivity index is 1.50. The van der Waals surface area contributed by atoms with Gasteiger partial charge in [-0.25, -0.2) is 0 Å². The fourth-order valence-corrected chi connectivity index (χ4v) is 4.79. The standard InChI is InChI=1S/C27H33ClN4O3/c1-19(2)17-25(33)29-22-9-10-24(23(18-22)27(35)31-11-3-4-12-31)30-13-15-32(16-14-30)26(34)20-5-7-21(28)8-6-20/h5-10,18-19H,3-4,11-17H2,1-2H3,(H,29,33). The molecular weight excluding hydrogens is 464 g/mol. The molecule has 0 bridgehead atoms. The van der Waals surface area contributed by atoms with Crippen molar-refractivity contribution in [1.29, 1.82) is 0 Å². The summed E-state index contributed by atoms with van der Waals surface area (Å²) < 4.78 is 0. The third-order valence-electron chi connectivity index (χ3n) is 6.50. The van der Waals surface area contributed by atoms with Gasteiger partial charge in [0.05, 0.1) is 5.56 Å². The van der Waals surface area contributed by atoms with Crippen LogP contribution in [0.3, 0.4) is 0 Å². The van der Waals surface area contributed by atoms with Gasteiger partial charge in [-0.05, 0) is 61.2 Å². The SMILES string of the molecule is CC(C)CC(=O)Nc1ccc(N2CCN(C(=O)c3ccc(Cl)cc3)CC2)c(C(=O)N2CCCC2)c1. The molecular formula is C27H33ClN4O3. The van der Waals surface area contributed by atoms with Crippen LogP contribution in [0.1, 0.15) is 53.8 Å². The smallest absolute Gasteiger partial charge is 0.256 e. The number of anilines is 2. The molecule has 2 fully saturated rings. The molecule has 2 heterocycles. The maximum absolute atomic E-state index is 13.4. The van der Waals surface area contributed by atoms with E-state index in [0.29, 0.717) is 54.4 Å². The number of rotatable bonds is 6. The number of halogens is 1. The summed E-state index contributed by atoms with van der Waals surface area (Å²) in [6.07, 6.45) is 2.45. The number of carbonyl (C=O) groups excluding carboxylic acids is 3. The summed E-state index contributed by atoms with van der Waals surface area (Å²) in [5, 5.41) is 3.55. The van der Waals surface area contributed by atoms with Gasteiger partial charge in [0.15, 0.2) is 0 Å². The Morgan fingerprint density at radius 3 is 2.11 bits per heavy atom. The molecule has 0 unspecified atom stereocenters. The number of hydrogen-bond acceptors (Lipinski definition) is 4. The van der Waals surface area contributed by atoms with Gasteiger partial charge in [-0.3, -0.25) is 14.4 Å². The number of benzene rings is 2. The van der Waals surface area contributed by atoms with Crippen LogP contribution in [0.25, 0.3) is 0 Å². The van der Waals surface area contributed by atoms with Crippen LogP contribution in [-0.2, 0) is 4.79 Å². The first-order valence-electron chi connectivity index (χ1n) is 12.3. The van der Waals surface area contributed by atoms with E-state index in [4.69, 9.17) is 11.6 Å². The van der Waals surface area contributed by atoms with Crippen molar-refractivity contribution in [2.24, 2.45) is 5.92 Å². The van der Waals surface area contributed by atoms with Crippen LogP contribution in [0.15, 0.2) is 42.5 Å². The minimum absolute atomic E-state index is 0.00266. The van der Waals surface area contributed by atoms with Gasteiger partial charge in [0.1, 0.15) is 0 Å². The zero-order valence-electron chi connectivity index (χ0n) is 20.4. The van der Waals surface area contributed by atoms with Crippen LogP contribution >= 0.6 is 11.6 Å². The lowest BCUT2D eigenvalue weighted by atomic mass is 10.1. The fraction of sp³-hybridized carbons (Fsp3) is 0.444. The minimum atomic E-state index is -0.0540. The van der Waals surface area contributed by atoms with Gasteiger partial charge in [-0.15, -0.1) is 0 Å². The van der Waals surface area contributed by atoms with Crippen molar-refractivity contribution in [2.75, 3.05) is 49.5 Å². The van der Waals surface area contributed by atoms with E-state index in [2.05, 4.69) is 10.2 Å². The predicted molar refractivity (Wildman–Crippen MR) is 139 cm³/mol. The molecule has 1 N–H and O–H groups in total. The zero-order chi connectivity index (χ0) is 24.9. The van der Waals surface area contributed by atoms with E-state index in [1.54, 1.807) is 30.3 Å². The number of carbonyl (C=O) groups is 3. The third-order valence-corrected chi connectivity index (χ3v) is 6.75. The van der Waals surface area contributed by atoms with Crippen molar-refractivity contribution in [3.05, 3.63) is 58.6 Å². The van der Waals surface area contributed by atoms with Crippen LogP contribution < -0.4 is 10.2 Å². The van der Waals surface area contributed by atoms with Crippen molar-refractivity contribution in [3.63, 3.8) is 0 Å². The number of piperazine rings is 1. The Labute approximate surface area is 212 Å². The Morgan fingerprint density at radius 2 is 1.49 bits per heavy atom. The molecule has 3 amide bonds. The number of amides is 3. The number of nitrogens with one attached hydrogen (secondary N) is 1. The maximum atomic E-state index is 13.4. The second-order valence-electron chi connectivity index (χ2n) is 9.66.